The highest BCUT2D eigenvalue weighted by molar-refractivity contribution is 5.92. The Morgan fingerprint density at radius 3 is 2.18 bits per heavy atom. The Hall–Kier alpha value is -2.94. The van der Waals surface area contributed by atoms with Gasteiger partial charge in [0.25, 0.3) is 5.69 Å². The minimum Gasteiger partial charge on any atom is -0.258 e. The number of nitrogens with zero attached hydrogens (tertiary/aromatic N) is 1. The van der Waals surface area contributed by atoms with Crippen molar-refractivity contribution in [2.45, 2.75) is 6.42 Å². The molecule has 1 aliphatic carbocycles. The van der Waals surface area contributed by atoms with E-state index in [2.05, 4.69) is 18.2 Å². The van der Waals surface area contributed by atoms with E-state index in [4.69, 9.17) is 0 Å². The highest BCUT2D eigenvalue weighted by Crippen LogP contribution is 2.44. The fourth-order valence-electron chi connectivity index (χ4n) is 3.27. The Balaban J connectivity index is 2.02. The summed E-state index contributed by atoms with van der Waals surface area (Å²) in [4.78, 5) is 11.0. The van der Waals surface area contributed by atoms with Gasteiger partial charge in [-0.05, 0) is 40.3 Å². The molecule has 4 rings (SSSR count). The van der Waals surface area contributed by atoms with Gasteiger partial charge in [0.05, 0.1) is 10.5 Å². The molecule has 22 heavy (non-hydrogen) atoms. The number of para-hydroxylation sites is 1. The third-order valence-corrected chi connectivity index (χ3v) is 4.21. The average Bonchev–Trinajstić information content (AvgIpc) is 2.93. The first-order chi connectivity index (χ1) is 10.8. The molecule has 0 bridgehead atoms. The molecule has 3 aromatic rings. The molecule has 0 radical (unpaired) electrons. The zero-order valence-electron chi connectivity index (χ0n) is 11.8. The fourth-order valence-corrected chi connectivity index (χ4v) is 3.27. The smallest absolute Gasteiger partial charge is 0.258 e. The van der Waals surface area contributed by atoms with E-state index in [0.29, 0.717) is 5.56 Å². The van der Waals surface area contributed by atoms with E-state index in [1.54, 1.807) is 12.1 Å². The zero-order valence-corrected chi connectivity index (χ0v) is 11.8. The quantitative estimate of drug-likeness (QED) is 0.391. The molecule has 106 valence electrons. The van der Waals surface area contributed by atoms with Crippen LogP contribution in [0.1, 0.15) is 11.1 Å². The maximum absolute atomic E-state index is 11.3. The van der Waals surface area contributed by atoms with Crippen LogP contribution in [0.2, 0.25) is 0 Å². The van der Waals surface area contributed by atoms with E-state index < -0.39 is 0 Å². The molecule has 0 saturated heterocycles. The molecule has 0 amide bonds. The molecular weight excluding hydrogens is 274 g/mol. The maximum atomic E-state index is 11.3. The number of rotatable bonds is 2. The van der Waals surface area contributed by atoms with Gasteiger partial charge in [0.15, 0.2) is 0 Å². The molecule has 0 N–H and O–H groups in total. The lowest BCUT2D eigenvalue weighted by atomic mass is 9.93. The van der Waals surface area contributed by atoms with Crippen LogP contribution in [0.15, 0.2) is 66.7 Å². The van der Waals surface area contributed by atoms with Gasteiger partial charge in [-0.3, -0.25) is 10.1 Å². The van der Waals surface area contributed by atoms with Crippen LogP contribution in [-0.4, -0.2) is 4.92 Å². The first kappa shape index (κ1) is 12.8. The average molecular weight is 287 g/mol. The summed E-state index contributed by atoms with van der Waals surface area (Å²) in [7, 11) is 0. The minimum atomic E-state index is -0.310. The van der Waals surface area contributed by atoms with Crippen LogP contribution < -0.4 is 0 Å². The molecule has 0 spiro atoms. The molecule has 0 saturated carbocycles. The number of fused-ring (bicyclic) bond motifs is 3. The lowest BCUT2D eigenvalue weighted by molar-refractivity contribution is -0.384. The minimum absolute atomic E-state index is 0.153. The van der Waals surface area contributed by atoms with E-state index in [1.165, 1.54) is 16.7 Å². The first-order valence-corrected chi connectivity index (χ1v) is 7.19. The number of nitro groups is 1. The summed E-state index contributed by atoms with van der Waals surface area (Å²) in [6.45, 7) is 0. The van der Waals surface area contributed by atoms with Crippen molar-refractivity contribution < 1.29 is 4.92 Å². The second kappa shape index (κ2) is 4.81. The Morgan fingerprint density at radius 1 is 0.727 bits per heavy atom. The van der Waals surface area contributed by atoms with Gasteiger partial charge in [0.2, 0.25) is 0 Å². The largest absolute Gasteiger partial charge is 0.277 e. The van der Waals surface area contributed by atoms with Crippen LogP contribution in [0.5, 0.6) is 0 Å². The summed E-state index contributed by atoms with van der Waals surface area (Å²) >= 11 is 0. The van der Waals surface area contributed by atoms with Crippen LogP contribution in [0.25, 0.3) is 22.3 Å². The summed E-state index contributed by atoms with van der Waals surface area (Å²) in [5.41, 5.74) is 6.61. The first-order valence-electron chi connectivity index (χ1n) is 7.19. The molecule has 3 nitrogen and oxygen atoms in total. The molecule has 3 heteroatoms. The van der Waals surface area contributed by atoms with Crippen molar-refractivity contribution in [3.8, 4) is 22.3 Å². The Labute approximate surface area is 128 Å². The van der Waals surface area contributed by atoms with Gasteiger partial charge in [-0.25, -0.2) is 0 Å². The molecule has 0 aromatic heterocycles. The summed E-state index contributed by atoms with van der Waals surface area (Å²) in [5, 5.41) is 11.3. The summed E-state index contributed by atoms with van der Waals surface area (Å²) in [6, 6.07) is 21.3. The summed E-state index contributed by atoms with van der Waals surface area (Å²) in [5.74, 6) is 0. The van der Waals surface area contributed by atoms with E-state index in [9.17, 15) is 10.1 Å². The van der Waals surface area contributed by atoms with Crippen LogP contribution in [-0.2, 0) is 6.42 Å². The lowest BCUT2D eigenvalue weighted by Crippen LogP contribution is -1.93. The van der Waals surface area contributed by atoms with Crippen molar-refractivity contribution in [1.82, 2.24) is 0 Å². The van der Waals surface area contributed by atoms with Crippen LogP contribution in [0.3, 0.4) is 0 Å². The van der Waals surface area contributed by atoms with Crippen molar-refractivity contribution >= 4 is 5.69 Å². The third-order valence-electron chi connectivity index (χ3n) is 4.21. The Bertz CT molecular complexity index is 899. The van der Waals surface area contributed by atoms with Gasteiger partial charge >= 0.3 is 0 Å². The van der Waals surface area contributed by atoms with Crippen molar-refractivity contribution in [3.05, 3.63) is 88.0 Å². The normalized spacial score (nSPS) is 11.8. The lowest BCUT2D eigenvalue weighted by Gasteiger charge is -2.10. The molecule has 1 aliphatic rings. The van der Waals surface area contributed by atoms with Crippen molar-refractivity contribution in [2.24, 2.45) is 0 Å². The van der Waals surface area contributed by atoms with Crippen molar-refractivity contribution in [3.63, 3.8) is 0 Å². The van der Waals surface area contributed by atoms with E-state index in [1.807, 2.05) is 36.4 Å². The zero-order chi connectivity index (χ0) is 15.1. The molecule has 0 atom stereocenters. The monoisotopic (exact) mass is 287 g/mol. The van der Waals surface area contributed by atoms with Crippen LogP contribution in [0.4, 0.5) is 5.69 Å². The molecule has 3 aromatic carbocycles. The van der Waals surface area contributed by atoms with E-state index in [-0.39, 0.29) is 10.6 Å². The second-order valence-electron chi connectivity index (χ2n) is 5.45. The van der Waals surface area contributed by atoms with Crippen LogP contribution in [0, 0.1) is 10.1 Å². The van der Waals surface area contributed by atoms with E-state index >= 15 is 0 Å². The highest BCUT2D eigenvalue weighted by atomic mass is 16.6. The molecular formula is C19H13NO2. The second-order valence-corrected chi connectivity index (χ2v) is 5.45. The Kier molecular flexibility index (Phi) is 2.79. The van der Waals surface area contributed by atoms with Gasteiger partial charge in [-0.15, -0.1) is 0 Å². The van der Waals surface area contributed by atoms with Gasteiger partial charge in [-0.1, -0.05) is 54.6 Å². The number of nitro benzene ring substituents is 1. The summed E-state index contributed by atoms with van der Waals surface area (Å²) in [6.07, 6.45) is 0.889. The predicted molar refractivity (Wildman–Crippen MR) is 86.8 cm³/mol. The van der Waals surface area contributed by atoms with Crippen molar-refractivity contribution in [2.75, 3.05) is 0 Å². The molecule has 0 unspecified atom stereocenters. The topological polar surface area (TPSA) is 43.1 Å². The highest BCUT2D eigenvalue weighted by Gasteiger charge is 2.24. The molecule has 0 heterocycles. The number of hydrogen-bond acceptors (Lipinski definition) is 2. The third kappa shape index (κ3) is 1.83. The van der Waals surface area contributed by atoms with Gasteiger partial charge in [-0.2, -0.15) is 0 Å². The molecule has 0 aliphatic heterocycles. The van der Waals surface area contributed by atoms with Gasteiger partial charge < -0.3 is 0 Å². The fraction of sp³-hybridized carbons (Fsp3) is 0.0526. The van der Waals surface area contributed by atoms with Gasteiger partial charge in [0, 0.05) is 6.07 Å². The predicted octanol–water partition coefficient (Wildman–Crippen LogP) is 4.83. The maximum Gasteiger partial charge on any atom is 0.277 e. The van der Waals surface area contributed by atoms with Gasteiger partial charge in [0.1, 0.15) is 0 Å². The Morgan fingerprint density at radius 2 is 1.36 bits per heavy atom. The number of hydrogen-bond donors (Lipinski definition) is 0. The summed E-state index contributed by atoms with van der Waals surface area (Å²) < 4.78 is 0. The van der Waals surface area contributed by atoms with E-state index in [0.717, 1.165) is 17.5 Å². The molecule has 0 fully saturated rings. The standard InChI is InChI=1S/C19H13NO2/c21-20(22)18-11-4-3-9-16(18)17-10-5-7-14-12-13-6-1-2-8-15(13)19(14)17/h1-11H,12H2. The van der Waals surface area contributed by atoms with Crippen LogP contribution >= 0.6 is 0 Å². The van der Waals surface area contributed by atoms with Crippen molar-refractivity contribution in [1.29, 1.82) is 0 Å². The SMILES string of the molecule is O=[N+]([O-])c1ccccc1-c1cccc2c1-c1ccccc1C2. The number of benzene rings is 3.